The second kappa shape index (κ2) is 7.23. The summed E-state index contributed by atoms with van der Waals surface area (Å²) in [6.45, 7) is 1.78. The number of rotatable bonds is 4. The van der Waals surface area contributed by atoms with E-state index in [1.54, 1.807) is 25.3 Å². The molecular weight excluding hydrogens is 324 g/mol. The third-order valence-corrected chi connectivity index (χ3v) is 3.84. The van der Waals surface area contributed by atoms with Crippen molar-refractivity contribution in [3.05, 3.63) is 77.1 Å². The molecule has 0 fully saturated rings. The standard InChI is InChI=1S/C19H15ClN2O2/c1-13(15-6-2-3-7-16(15)20)24-19(23)11-10-14-12-21-17-8-4-5-9-18(17)22-14/h2-13H,1H3/b11-10-/t13-/m1/s1. The van der Waals surface area contributed by atoms with Crippen LogP contribution in [0.3, 0.4) is 0 Å². The van der Waals surface area contributed by atoms with E-state index >= 15 is 0 Å². The van der Waals surface area contributed by atoms with Gasteiger partial charge in [-0.15, -0.1) is 0 Å². The van der Waals surface area contributed by atoms with Crippen LogP contribution in [0.1, 0.15) is 24.3 Å². The Bertz CT molecular complexity index is 909. The predicted octanol–water partition coefficient (Wildman–Crippen LogP) is 4.60. The Kier molecular flexibility index (Phi) is 4.87. The fourth-order valence-electron chi connectivity index (χ4n) is 2.29. The maximum Gasteiger partial charge on any atom is 0.331 e. The number of esters is 1. The number of hydrogen-bond acceptors (Lipinski definition) is 4. The smallest absolute Gasteiger partial charge is 0.331 e. The highest BCUT2D eigenvalue weighted by Gasteiger charge is 2.12. The molecule has 0 amide bonds. The van der Waals surface area contributed by atoms with Gasteiger partial charge in [-0.25, -0.2) is 9.78 Å². The maximum absolute atomic E-state index is 12.0. The molecule has 0 radical (unpaired) electrons. The van der Waals surface area contributed by atoms with Crippen molar-refractivity contribution in [2.24, 2.45) is 0 Å². The Morgan fingerprint density at radius 2 is 1.83 bits per heavy atom. The van der Waals surface area contributed by atoms with Gasteiger partial charge in [0.1, 0.15) is 6.10 Å². The lowest BCUT2D eigenvalue weighted by Crippen LogP contribution is -2.06. The van der Waals surface area contributed by atoms with Gasteiger partial charge in [-0.2, -0.15) is 0 Å². The second-order valence-electron chi connectivity index (χ2n) is 5.22. The van der Waals surface area contributed by atoms with Crippen LogP contribution >= 0.6 is 11.6 Å². The van der Waals surface area contributed by atoms with Gasteiger partial charge < -0.3 is 4.74 Å². The van der Waals surface area contributed by atoms with E-state index < -0.39 is 12.1 Å². The Morgan fingerprint density at radius 3 is 2.62 bits per heavy atom. The molecule has 0 bridgehead atoms. The Balaban J connectivity index is 1.69. The van der Waals surface area contributed by atoms with Gasteiger partial charge in [0.15, 0.2) is 0 Å². The molecule has 1 aromatic heterocycles. The van der Waals surface area contributed by atoms with Gasteiger partial charge in [0.25, 0.3) is 0 Å². The zero-order valence-corrected chi connectivity index (χ0v) is 13.8. The number of carbonyl (C=O) groups excluding carboxylic acids is 1. The summed E-state index contributed by atoms with van der Waals surface area (Å²) in [5.74, 6) is -0.461. The minimum Gasteiger partial charge on any atom is -0.455 e. The number of aromatic nitrogens is 2. The van der Waals surface area contributed by atoms with Crippen molar-refractivity contribution >= 4 is 34.7 Å². The predicted molar refractivity (Wildman–Crippen MR) is 94.5 cm³/mol. The number of carbonyl (C=O) groups is 1. The van der Waals surface area contributed by atoms with Crippen LogP contribution in [0.4, 0.5) is 0 Å². The molecule has 0 aliphatic carbocycles. The molecule has 0 saturated heterocycles. The molecule has 5 heteroatoms. The summed E-state index contributed by atoms with van der Waals surface area (Å²) in [5, 5.41) is 0.571. The molecule has 1 heterocycles. The van der Waals surface area contributed by atoms with Gasteiger partial charge in [-0.1, -0.05) is 41.9 Å². The van der Waals surface area contributed by atoms with Crippen LogP contribution in [0.25, 0.3) is 17.1 Å². The molecule has 3 aromatic rings. The Hall–Kier alpha value is -2.72. The quantitative estimate of drug-likeness (QED) is 0.515. The number of nitrogens with zero attached hydrogens (tertiary/aromatic N) is 2. The number of benzene rings is 2. The largest absolute Gasteiger partial charge is 0.455 e. The van der Waals surface area contributed by atoms with E-state index in [0.717, 1.165) is 16.6 Å². The van der Waals surface area contributed by atoms with Crippen molar-refractivity contribution < 1.29 is 9.53 Å². The first-order valence-electron chi connectivity index (χ1n) is 7.48. The van der Waals surface area contributed by atoms with E-state index in [1.165, 1.54) is 6.08 Å². The van der Waals surface area contributed by atoms with Crippen LogP contribution in [0.2, 0.25) is 5.02 Å². The first kappa shape index (κ1) is 16.1. The zero-order chi connectivity index (χ0) is 16.9. The number of hydrogen-bond donors (Lipinski definition) is 0. The summed E-state index contributed by atoms with van der Waals surface area (Å²) in [7, 11) is 0. The van der Waals surface area contributed by atoms with E-state index in [1.807, 2.05) is 42.5 Å². The molecule has 2 aromatic carbocycles. The second-order valence-corrected chi connectivity index (χ2v) is 5.62. The van der Waals surface area contributed by atoms with Crippen molar-refractivity contribution in [1.29, 1.82) is 0 Å². The highest BCUT2D eigenvalue weighted by atomic mass is 35.5. The Labute approximate surface area is 144 Å². The molecule has 3 rings (SSSR count). The Morgan fingerprint density at radius 1 is 1.12 bits per heavy atom. The van der Waals surface area contributed by atoms with Gasteiger partial charge in [-0.05, 0) is 31.2 Å². The fourth-order valence-corrected chi connectivity index (χ4v) is 2.58. The van der Waals surface area contributed by atoms with Crippen molar-refractivity contribution in [3.63, 3.8) is 0 Å². The highest BCUT2D eigenvalue weighted by molar-refractivity contribution is 6.31. The van der Waals surface area contributed by atoms with Crippen LogP contribution in [0.15, 0.2) is 60.8 Å². The van der Waals surface area contributed by atoms with Gasteiger partial charge in [0, 0.05) is 16.7 Å². The summed E-state index contributed by atoms with van der Waals surface area (Å²) < 4.78 is 5.37. The van der Waals surface area contributed by atoms with Crippen LogP contribution in [-0.4, -0.2) is 15.9 Å². The third kappa shape index (κ3) is 3.78. The number of fused-ring (bicyclic) bond motifs is 1. The third-order valence-electron chi connectivity index (χ3n) is 3.49. The monoisotopic (exact) mass is 338 g/mol. The van der Waals surface area contributed by atoms with Crippen molar-refractivity contribution in [3.8, 4) is 0 Å². The molecule has 0 spiro atoms. The molecule has 0 N–H and O–H groups in total. The average molecular weight is 339 g/mol. The van der Waals surface area contributed by atoms with E-state index in [4.69, 9.17) is 16.3 Å². The van der Waals surface area contributed by atoms with E-state index in [-0.39, 0.29) is 0 Å². The number of halogens is 1. The van der Waals surface area contributed by atoms with E-state index in [0.29, 0.717) is 10.7 Å². The molecule has 120 valence electrons. The summed E-state index contributed by atoms with van der Waals surface area (Å²) in [4.78, 5) is 20.7. The molecule has 0 saturated carbocycles. The van der Waals surface area contributed by atoms with Gasteiger partial charge in [0.05, 0.1) is 22.9 Å². The van der Waals surface area contributed by atoms with Crippen molar-refractivity contribution in [1.82, 2.24) is 9.97 Å². The summed E-state index contributed by atoms with van der Waals surface area (Å²) >= 11 is 6.10. The summed E-state index contributed by atoms with van der Waals surface area (Å²) in [5.41, 5.74) is 2.95. The summed E-state index contributed by atoms with van der Waals surface area (Å²) in [6, 6.07) is 14.8. The topological polar surface area (TPSA) is 52.1 Å². The molecule has 0 aliphatic heterocycles. The molecule has 0 unspecified atom stereocenters. The molecule has 4 nitrogen and oxygen atoms in total. The van der Waals surface area contributed by atoms with E-state index in [9.17, 15) is 4.79 Å². The first-order valence-corrected chi connectivity index (χ1v) is 7.86. The van der Waals surface area contributed by atoms with Crippen LogP contribution in [0.5, 0.6) is 0 Å². The SMILES string of the molecule is C[C@@H](OC(=O)/C=C\c1cnc2ccccc2n1)c1ccccc1Cl. The fraction of sp³-hybridized carbons (Fsp3) is 0.105. The van der Waals surface area contributed by atoms with Crippen LogP contribution < -0.4 is 0 Å². The number of para-hydroxylation sites is 2. The first-order chi connectivity index (χ1) is 11.6. The molecule has 1 atom stereocenters. The van der Waals surface area contributed by atoms with Gasteiger partial charge in [0.2, 0.25) is 0 Å². The van der Waals surface area contributed by atoms with Crippen LogP contribution in [-0.2, 0) is 9.53 Å². The average Bonchev–Trinajstić information content (AvgIpc) is 2.60. The lowest BCUT2D eigenvalue weighted by Gasteiger charge is -2.13. The van der Waals surface area contributed by atoms with Gasteiger partial charge >= 0.3 is 5.97 Å². The van der Waals surface area contributed by atoms with Crippen LogP contribution in [0, 0.1) is 0 Å². The zero-order valence-electron chi connectivity index (χ0n) is 13.0. The van der Waals surface area contributed by atoms with Gasteiger partial charge in [-0.3, -0.25) is 4.98 Å². The van der Waals surface area contributed by atoms with Crippen molar-refractivity contribution in [2.45, 2.75) is 13.0 Å². The maximum atomic E-state index is 12.0. The highest BCUT2D eigenvalue weighted by Crippen LogP contribution is 2.25. The molecule has 24 heavy (non-hydrogen) atoms. The van der Waals surface area contributed by atoms with Crippen molar-refractivity contribution in [2.75, 3.05) is 0 Å². The minimum atomic E-state index is -0.461. The van der Waals surface area contributed by atoms with E-state index in [2.05, 4.69) is 9.97 Å². The lowest BCUT2D eigenvalue weighted by atomic mass is 10.1. The minimum absolute atomic E-state index is 0.432. The molecule has 0 aliphatic rings. The number of ether oxygens (including phenoxy) is 1. The molecular formula is C19H15ClN2O2. The summed E-state index contributed by atoms with van der Waals surface area (Å²) in [6.07, 6.45) is 4.11. The normalized spacial score (nSPS) is 12.4. The lowest BCUT2D eigenvalue weighted by molar-refractivity contribution is -0.142.